The highest BCUT2D eigenvalue weighted by molar-refractivity contribution is 6.30. The van der Waals surface area contributed by atoms with Crippen LogP contribution in [0.2, 0.25) is 5.15 Å². The minimum atomic E-state index is -0.739. The van der Waals surface area contributed by atoms with Crippen molar-refractivity contribution in [3.8, 4) is 0 Å². The number of alkyl halides is 1. The van der Waals surface area contributed by atoms with Crippen molar-refractivity contribution in [3.05, 3.63) is 17.2 Å². The van der Waals surface area contributed by atoms with E-state index in [1.54, 1.807) is 11.6 Å². The first-order valence-corrected chi connectivity index (χ1v) is 3.98. The van der Waals surface area contributed by atoms with Crippen LogP contribution in [0.1, 0.15) is 11.8 Å². The summed E-state index contributed by atoms with van der Waals surface area (Å²) in [6.45, 7) is 0. The van der Waals surface area contributed by atoms with Crippen LogP contribution in [0.3, 0.4) is 0 Å². The van der Waals surface area contributed by atoms with Gasteiger partial charge in [0.25, 0.3) is 0 Å². The van der Waals surface area contributed by atoms with E-state index in [0.29, 0.717) is 10.8 Å². The van der Waals surface area contributed by atoms with Crippen molar-refractivity contribution in [2.75, 3.05) is 5.88 Å². The van der Waals surface area contributed by atoms with Crippen molar-refractivity contribution < 1.29 is 5.11 Å². The van der Waals surface area contributed by atoms with Crippen molar-refractivity contribution in [2.24, 2.45) is 7.05 Å². The Bertz CT molecular complexity index is 229. The van der Waals surface area contributed by atoms with Gasteiger partial charge >= 0.3 is 0 Å². The fraction of sp³-hybridized carbons (Fsp3) is 0.500. The number of imidazole rings is 1. The van der Waals surface area contributed by atoms with Crippen LogP contribution in [0.15, 0.2) is 6.33 Å². The van der Waals surface area contributed by atoms with Crippen LogP contribution < -0.4 is 0 Å². The molecule has 1 N–H and O–H groups in total. The molecule has 1 atom stereocenters. The van der Waals surface area contributed by atoms with E-state index in [1.807, 2.05) is 0 Å². The molecule has 0 spiro atoms. The Morgan fingerprint density at radius 2 is 2.45 bits per heavy atom. The summed E-state index contributed by atoms with van der Waals surface area (Å²) in [4.78, 5) is 3.79. The second kappa shape index (κ2) is 3.43. The minimum absolute atomic E-state index is 0.124. The third-order valence-electron chi connectivity index (χ3n) is 1.40. The van der Waals surface area contributed by atoms with E-state index in [4.69, 9.17) is 23.2 Å². The molecule has 1 rings (SSSR count). The van der Waals surface area contributed by atoms with E-state index in [1.165, 1.54) is 6.33 Å². The molecule has 1 heterocycles. The molecule has 62 valence electrons. The molecule has 0 aliphatic carbocycles. The number of aliphatic hydroxyl groups excluding tert-OH is 1. The number of halogens is 2. The second-order valence-corrected chi connectivity index (χ2v) is 2.87. The molecule has 0 bridgehead atoms. The summed E-state index contributed by atoms with van der Waals surface area (Å²) in [7, 11) is 1.75. The number of aliphatic hydroxyl groups is 1. The van der Waals surface area contributed by atoms with E-state index in [9.17, 15) is 5.11 Å². The molecule has 0 aromatic carbocycles. The Morgan fingerprint density at radius 3 is 2.82 bits per heavy atom. The minimum Gasteiger partial charge on any atom is -0.386 e. The quantitative estimate of drug-likeness (QED) is 0.723. The van der Waals surface area contributed by atoms with Gasteiger partial charge in [0.2, 0.25) is 0 Å². The smallest absolute Gasteiger partial charge is 0.152 e. The lowest BCUT2D eigenvalue weighted by atomic mass is 10.3. The lowest BCUT2D eigenvalue weighted by Crippen LogP contribution is -2.05. The Kier molecular flexibility index (Phi) is 2.76. The van der Waals surface area contributed by atoms with Gasteiger partial charge in [-0.25, -0.2) is 4.98 Å². The molecular formula is C6H8Cl2N2O. The van der Waals surface area contributed by atoms with E-state index < -0.39 is 6.10 Å². The third kappa shape index (κ3) is 1.67. The van der Waals surface area contributed by atoms with Crippen molar-refractivity contribution in [1.82, 2.24) is 9.55 Å². The van der Waals surface area contributed by atoms with Crippen LogP contribution in [-0.2, 0) is 7.05 Å². The summed E-state index contributed by atoms with van der Waals surface area (Å²) in [6.07, 6.45) is 0.796. The predicted molar refractivity (Wildman–Crippen MR) is 43.9 cm³/mol. The standard InChI is InChI=1S/C6H8Cl2N2O/c1-10-3-9-6(8)5(10)4(11)2-7/h3-4,11H,2H2,1H3. The van der Waals surface area contributed by atoms with Crippen molar-refractivity contribution in [1.29, 1.82) is 0 Å². The molecule has 0 saturated heterocycles. The molecule has 3 nitrogen and oxygen atoms in total. The number of aryl methyl sites for hydroxylation is 1. The van der Waals surface area contributed by atoms with Gasteiger partial charge in [-0.05, 0) is 0 Å². The van der Waals surface area contributed by atoms with Crippen LogP contribution in [0.4, 0.5) is 0 Å². The van der Waals surface area contributed by atoms with Gasteiger partial charge in [0.1, 0.15) is 6.10 Å². The Labute approximate surface area is 74.6 Å². The molecule has 0 saturated carbocycles. The number of hydrogen-bond donors (Lipinski definition) is 1. The van der Waals surface area contributed by atoms with Crippen molar-refractivity contribution >= 4 is 23.2 Å². The van der Waals surface area contributed by atoms with Gasteiger partial charge in [-0.3, -0.25) is 0 Å². The first-order chi connectivity index (χ1) is 5.16. The summed E-state index contributed by atoms with van der Waals surface area (Å²) in [5.41, 5.74) is 0.557. The molecular weight excluding hydrogens is 187 g/mol. The molecule has 0 radical (unpaired) electrons. The fourth-order valence-corrected chi connectivity index (χ4v) is 1.31. The van der Waals surface area contributed by atoms with Crippen LogP contribution in [-0.4, -0.2) is 20.5 Å². The third-order valence-corrected chi connectivity index (χ3v) is 1.98. The Morgan fingerprint density at radius 1 is 1.82 bits per heavy atom. The molecule has 1 aromatic heterocycles. The normalized spacial score (nSPS) is 13.5. The fourth-order valence-electron chi connectivity index (χ4n) is 0.857. The summed E-state index contributed by atoms with van der Waals surface area (Å²) in [5, 5.41) is 9.61. The topological polar surface area (TPSA) is 38.0 Å². The first kappa shape index (κ1) is 8.84. The highest BCUT2D eigenvalue weighted by atomic mass is 35.5. The van der Waals surface area contributed by atoms with E-state index in [-0.39, 0.29) is 5.88 Å². The maximum atomic E-state index is 9.30. The summed E-state index contributed by atoms with van der Waals surface area (Å²) in [5.74, 6) is 0.124. The van der Waals surface area contributed by atoms with Gasteiger partial charge in [0.05, 0.1) is 17.9 Å². The van der Waals surface area contributed by atoms with E-state index in [2.05, 4.69) is 4.98 Å². The lowest BCUT2D eigenvalue weighted by molar-refractivity contribution is 0.194. The number of aromatic nitrogens is 2. The molecule has 5 heteroatoms. The SMILES string of the molecule is Cn1cnc(Cl)c1C(O)CCl. The van der Waals surface area contributed by atoms with Gasteiger partial charge < -0.3 is 9.67 Å². The zero-order valence-electron chi connectivity index (χ0n) is 5.96. The summed E-state index contributed by atoms with van der Waals surface area (Å²) < 4.78 is 1.65. The van der Waals surface area contributed by atoms with Gasteiger partial charge in [-0.1, -0.05) is 11.6 Å². The maximum absolute atomic E-state index is 9.30. The van der Waals surface area contributed by atoms with E-state index in [0.717, 1.165) is 0 Å². The number of rotatable bonds is 2. The molecule has 0 fully saturated rings. The lowest BCUT2D eigenvalue weighted by Gasteiger charge is -2.06. The van der Waals surface area contributed by atoms with Crippen LogP contribution in [0.25, 0.3) is 0 Å². The number of nitrogens with zero attached hydrogens (tertiary/aromatic N) is 2. The highest BCUT2D eigenvalue weighted by Crippen LogP contribution is 2.21. The highest BCUT2D eigenvalue weighted by Gasteiger charge is 2.14. The molecule has 11 heavy (non-hydrogen) atoms. The average molecular weight is 195 g/mol. The average Bonchev–Trinajstić information content (AvgIpc) is 2.30. The molecule has 0 aliphatic heterocycles. The van der Waals surface area contributed by atoms with Gasteiger partial charge in [0.15, 0.2) is 5.15 Å². The maximum Gasteiger partial charge on any atom is 0.152 e. The zero-order valence-corrected chi connectivity index (χ0v) is 7.47. The molecule has 0 amide bonds. The van der Waals surface area contributed by atoms with Crippen LogP contribution in [0.5, 0.6) is 0 Å². The van der Waals surface area contributed by atoms with Crippen LogP contribution in [0, 0.1) is 0 Å². The zero-order chi connectivity index (χ0) is 8.43. The Hall–Kier alpha value is -0.250. The second-order valence-electron chi connectivity index (χ2n) is 2.20. The van der Waals surface area contributed by atoms with Gasteiger partial charge in [0, 0.05) is 7.05 Å². The van der Waals surface area contributed by atoms with Crippen molar-refractivity contribution in [2.45, 2.75) is 6.10 Å². The molecule has 1 unspecified atom stereocenters. The van der Waals surface area contributed by atoms with E-state index >= 15 is 0 Å². The molecule has 0 aliphatic rings. The summed E-state index contributed by atoms with van der Waals surface area (Å²) >= 11 is 11.1. The van der Waals surface area contributed by atoms with Crippen molar-refractivity contribution in [3.63, 3.8) is 0 Å². The predicted octanol–water partition coefficient (Wildman–Crippen LogP) is 1.35. The first-order valence-electron chi connectivity index (χ1n) is 3.07. The number of hydrogen-bond acceptors (Lipinski definition) is 2. The summed E-state index contributed by atoms with van der Waals surface area (Å²) in [6, 6.07) is 0. The van der Waals surface area contributed by atoms with Crippen LogP contribution >= 0.6 is 23.2 Å². The Balaban J connectivity index is 3.00. The largest absolute Gasteiger partial charge is 0.386 e. The monoisotopic (exact) mass is 194 g/mol. The van der Waals surface area contributed by atoms with Gasteiger partial charge in [-0.15, -0.1) is 11.6 Å². The van der Waals surface area contributed by atoms with Gasteiger partial charge in [-0.2, -0.15) is 0 Å². The molecule has 1 aromatic rings.